The van der Waals surface area contributed by atoms with Crippen LogP contribution in [0.3, 0.4) is 0 Å². The Morgan fingerprint density at radius 3 is 2.21 bits per heavy atom. The van der Waals surface area contributed by atoms with Crippen LogP contribution in [-0.2, 0) is 0 Å². The first kappa shape index (κ1) is 13.9. The summed E-state index contributed by atoms with van der Waals surface area (Å²) in [7, 11) is 0. The van der Waals surface area contributed by atoms with Gasteiger partial charge in [-0.1, -0.05) is 41.9 Å². The fourth-order valence-corrected chi connectivity index (χ4v) is 1.89. The first-order chi connectivity index (χ1) is 9.20. The molecule has 2 aromatic rings. The van der Waals surface area contributed by atoms with E-state index in [1.165, 1.54) is 0 Å². The Labute approximate surface area is 117 Å². The normalized spacial score (nSPS) is 13.8. The molecule has 2 rings (SSSR count). The van der Waals surface area contributed by atoms with E-state index < -0.39 is 12.2 Å². The summed E-state index contributed by atoms with van der Waals surface area (Å²) >= 11 is 5.81. The topological polar surface area (TPSA) is 49.7 Å². The molecule has 2 atom stereocenters. The maximum Gasteiger partial charge on any atom is 0.152 e. The second-order valence-electron chi connectivity index (χ2n) is 4.15. The maximum absolute atomic E-state index is 9.89. The highest BCUT2D eigenvalue weighted by Gasteiger charge is 2.22. The second kappa shape index (κ2) is 6.57. The van der Waals surface area contributed by atoms with E-state index in [0.717, 1.165) is 5.56 Å². The Morgan fingerprint density at radius 1 is 1.00 bits per heavy atom. The molecule has 0 radical (unpaired) electrons. The molecule has 0 aromatic heterocycles. The van der Waals surface area contributed by atoms with Gasteiger partial charge in [0.15, 0.2) is 6.10 Å². The first-order valence-electron chi connectivity index (χ1n) is 5.97. The number of hydrogen-bond acceptors (Lipinski definition) is 3. The minimum atomic E-state index is -0.988. The summed E-state index contributed by atoms with van der Waals surface area (Å²) < 4.78 is 5.74. The van der Waals surface area contributed by atoms with Crippen LogP contribution in [0.1, 0.15) is 11.7 Å². The van der Waals surface area contributed by atoms with Crippen molar-refractivity contribution < 1.29 is 14.9 Å². The number of hydrogen-bond donors (Lipinski definition) is 2. The van der Waals surface area contributed by atoms with Crippen molar-refractivity contribution in [2.24, 2.45) is 0 Å². The highest BCUT2D eigenvalue weighted by atomic mass is 35.5. The summed E-state index contributed by atoms with van der Waals surface area (Å²) in [6.07, 6.45) is -1.61. The van der Waals surface area contributed by atoms with E-state index in [4.69, 9.17) is 21.4 Å². The van der Waals surface area contributed by atoms with Crippen molar-refractivity contribution in [3.05, 3.63) is 65.2 Å². The molecular formula is C15H15ClO3. The van der Waals surface area contributed by atoms with Gasteiger partial charge in [0, 0.05) is 5.02 Å². The third-order valence-corrected chi connectivity index (χ3v) is 2.99. The molecule has 2 aromatic carbocycles. The molecule has 0 bridgehead atoms. The molecule has 0 fully saturated rings. The van der Waals surface area contributed by atoms with E-state index in [1.807, 2.05) is 30.3 Å². The minimum absolute atomic E-state index is 0.368. The lowest BCUT2D eigenvalue weighted by Gasteiger charge is -2.23. The Bertz CT molecular complexity index is 499. The molecule has 0 heterocycles. The van der Waals surface area contributed by atoms with Crippen molar-refractivity contribution in [2.45, 2.75) is 12.2 Å². The summed E-state index contributed by atoms with van der Waals surface area (Å²) in [5.41, 5.74) is 0.805. The lowest BCUT2D eigenvalue weighted by atomic mass is 10.0. The van der Waals surface area contributed by atoms with Crippen LogP contribution in [0, 0.1) is 0 Å². The van der Waals surface area contributed by atoms with Gasteiger partial charge in [0.05, 0.1) is 6.61 Å². The number of rotatable bonds is 5. The Balaban J connectivity index is 2.21. The van der Waals surface area contributed by atoms with E-state index in [1.54, 1.807) is 24.3 Å². The fraction of sp³-hybridized carbons (Fsp3) is 0.200. The van der Waals surface area contributed by atoms with Crippen LogP contribution < -0.4 is 4.74 Å². The Kier molecular flexibility index (Phi) is 4.80. The molecule has 19 heavy (non-hydrogen) atoms. The molecule has 0 aliphatic rings. The van der Waals surface area contributed by atoms with Gasteiger partial charge in [-0.3, -0.25) is 0 Å². The van der Waals surface area contributed by atoms with E-state index in [9.17, 15) is 5.11 Å². The first-order valence-corrected chi connectivity index (χ1v) is 6.34. The van der Waals surface area contributed by atoms with Gasteiger partial charge in [-0.2, -0.15) is 0 Å². The Hall–Kier alpha value is -1.55. The quantitative estimate of drug-likeness (QED) is 0.884. The van der Waals surface area contributed by atoms with E-state index >= 15 is 0 Å². The van der Waals surface area contributed by atoms with Crippen LogP contribution in [0.15, 0.2) is 54.6 Å². The monoisotopic (exact) mass is 278 g/mol. The molecule has 2 N–H and O–H groups in total. The summed E-state index contributed by atoms with van der Waals surface area (Å²) in [4.78, 5) is 0. The smallest absolute Gasteiger partial charge is 0.152 e. The standard InChI is InChI=1S/C15H15ClO3/c16-12-6-8-13(9-7-12)19-15(14(18)10-17)11-4-2-1-3-5-11/h1-9,14-15,17-18H,10H2/t14-,15+/m1/s1. The van der Waals surface area contributed by atoms with Crippen molar-refractivity contribution in [2.75, 3.05) is 6.61 Å². The van der Waals surface area contributed by atoms with Crippen LogP contribution in [0.4, 0.5) is 0 Å². The molecule has 0 aliphatic heterocycles. The van der Waals surface area contributed by atoms with E-state index in [2.05, 4.69) is 0 Å². The van der Waals surface area contributed by atoms with Gasteiger partial charge >= 0.3 is 0 Å². The minimum Gasteiger partial charge on any atom is -0.483 e. The number of aliphatic hydroxyl groups excluding tert-OH is 2. The van der Waals surface area contributed by atoms with Crippen LogP contribution in [0.5, 0.6) is 5.75 Å². The third kappa shape index (κ3) is 3.70. The van der Waals surface area contributed by atoms with Crippen molar-refractivity contribution in [1.82, 2.24) is 0 Å². The molecule has 3 nitrogen and oxygen atoms in total. The maximum atomic E-state index is 9.89. The second-order valence-corrected chi connectivity index (χ2v) is 4.59. The highest BCUT2D eigenvalue weighted by molar-refractivity contribution is 6.30. The van der Waals surface area contributed by atoms with Gasteiger partial charge in [-0.15, -0.1) is 0 Å². The van der Waals surface area contributed by atoms with Crippen LogP contribution in [-0.4, -0.2) is 22.9 Å². The lowest BCUT2D eigenvalue weighted by molar-refractivity contribution is -0.00189. The molecule has 0 spiro atoms. The molecule has 0 saturated carbocycles. The predicted octanol–water partition coefficient (Wildman–Crippen LogP) is 2.81. The molecule has 0 amide bonds. The van der Waals surface area contributed by atoms with Gasteiger partial charge in [0.1, 0.15) is 11.9 Å². The summed E-state index contributed by atoms with van der Waals surface area (Å²) in [6, 6.07) is 16.2. The van der Waals surface area contributed by atoms with Gasteiger partial charge in [0.25, 0.3) is 0 Å². The molecule has 4 heteroatoms. The third-order valence-electron chi connectivity index (χ3n) is 2.74. The zero-order chi connectivity index (χ0) is 13.7. The predicted molar refractivity (Wildman–Crippen MR) is 74.4 cm³/mol. The molecule has 0 aliphatic carbocycles. The number of benzene rings is 2. The van der Waals surface area contributed by atoms with Gasteiger partial charge in [0.2, 0.25) is 0 Å². The van der Waals surface area contributed by atoms with Crippen LogP contribution in [0.2, 0.25) is 5.02 Å². The van der Waals surface area contributed by atoms with Gasteiger partial charge < -0.3 is 14.9 Å². The largest absolute Gasteiger partial charge is 0.483 e. The number of halogens is 1. The number of aliphatic hydroxyl groups is 2. The summed E-state index contributed by atoms with van der Waals surface area (Å²) in [5.74, 6) is 0.589. The van der Waals surface area contributed by atoms with Crippen molar-refractivity contribution >= 4 is 11.6 Å². The van der Waals surface area contributed by atoms with E-state index in [-0.39, 0.29) is 6.61 Å². The fourth-order valence-electron chi connectivity index (χ4n) is 1.77. The summed E-state index contributed by atoms with van der Waals surface area (Å²) in [6.45, 7) is -0.368. The van der Waals surface area contributed by atoms with Crippen molar-refractivity contribution in [3.63, 3.8) is 0 Å². The Morgan fingerprint density at radius 2 is 1.63 bits per heavy atom. The van der Waals surface area contributed by atoms with Crippen molar-refractivity contribution in [1.29, 1.82) is 0 Å². The van der Waals surface area contributed by atoms with E-state index in [0.29, 0.717) is 10.8 Å². The molecule has 100 valence electrons. The molecule has 0 saturated heterocycles. The SMILES string of the molecule is OC[C@@H](O)[C@@H](Oc1ccc(Cl)cc1)c1ccccc1. The zero-order valence-electron chi connectivity index (χ0n) is 10.2. The molecular weight excluding hydrogens is 264 g/mol. The average Bonchev–Trinajstić information content (AvgIpc) is 2.47. The van der Waals surface area contributed by atoms with Crippen LogP contribution >= 0.6 is 11.6 Å². The lowest BCUT2D eigenvalue weighted by Crippen LogP contribution is -2.27. The van der Waals surface area contributed by atoms with Crippen molar-refractivity contribution in [3.8, 4) is 5.75 Å². The van der Waals surface area contributed by atoms with Gasteiger partial charge in [-0.05, 0) is 29.8 Å². The van der Waals surface area contributed by atoms with Crippen LogP contribution in [0.25, 0.3) is 0 Å². The zero-order valence-corrected chi connectivity index (χ0v) is 11.0. The average molecular weight is 279 g/mol. The highest BCUT2D eigenvalue weighted by Crippen LogP contribution is 2.25. The molecule has 0 unspecified atom stereocenters. The van der Waals surface area contributed by atoms with Gasteiger partial charge in [-0.25, -0.2) is 0 Å². The summed E-state index contributed by atoms with van der Waals surface area (Å²) in [5, 5.41) is 19.6. The number of ether oxygens (including phenoxy) is 1.